The van der Waals surface area contributed by atoms with Gasteiger partial charge in [-0.25, -0.2) is 4.79 Å². The standard InChI is InChI=1S/C16H23NO4/c1-11(13-5-4-8-17(2)10-13)21-15-9-12(16(18)19)6-7-14(15)20-3/h6-7,9,11,13H,4-5,8,10H2,1-3H3,(H,18,19). The highest BCUT2D eigenvalue weighted by molar-refractivity contribution is 5.88. The van der Waals surface area contributed by atoms with Gasteiger partial charge in [0.1, 0.15) is 6.10 Å². The number of carbonyl (C=O) groups is 1. The number of likely N-dealkylation sites (tertiary alicyclic amines) is 1. The monoisotopic (exact) mass is 293 g/mol. The van der Waals surface area contributed by atoms with Crippen LogP contribution in [0.25, 0.3) is 0 Å². The summed E-state index contributed by atoms with van der Waals surface area (Å²) in [5.74, 6) is 0.545. The van der Waals surface area contributed by atoms with Gasteiger partial charge >= 0.3 is 5.97 Å². The van der Waals surface area contributed by atoms with Crippen molar-refractivity contribution in [2.75, 3.05) is 27.2 Å². The maximum absolute atomic E-state index is 11.1. The first-order chi connectivity index (χ1) is 10.0. The van der Waals surface area contributed by atoms with Crippen LogP contribution >= 0.6 is 0 Å². The molecule has 0 aliphatic carbocycles. The van der Waals surface area contributed by atoms with E-state index in [1.54, 1.807) is 13.2 Å². The van der Waals surface area contributed by atoms with Crippen molar-refractivity contribution in [3.8, 4) is 11.5 Å². The van der Waals surface area contributed by atoms with Gasteiger partial charge in [0, 0.05) is 12.5 Å². The molecule has 0 bridgehead atoms. The first-order valence-electron chi connectivity index (χ1n) is 7.27. The highest BCUT2D eigenvalue weighted by Gasteiger charge is 2.25. The van der Waals surface area contributed by atoms with Crippen LogP contribution in [0, 0.1) is 5.92 Å². The fraction of sp³-hybridized carbons (Fsp3) is 0.562. The van der Waals surface area contributed by atoms with Crippen LogP contribution in [0.4, 0.5) is 0 Å². The molecule has 1 saturated heterocycles. The van der Waals surface area contributed by atoms with E-state index in [2.05, 4.69) is 11.9 Å². The van der Waals surface area contributed by atoms with Crippen molar-refractivity contribution < 1.29 is 19.4 Å². The Morgan fingerprint density at radius 2 is 2.19 bits per heavy atom. The van der Waals surface area contributed by atoms with E-state index in [-0.39, 0.29) is 11.7 Å². The van der Waals surface area contributed by atoms with Gasteiger partial charge in [0.05, 0.1) is 12.7 Å². The number of hydrogen-bond donors (Lipinski definition) is 1. The molecule has 1 aromatic rings. The third-order valence-electron chi connectivity index (χ3n) is 4.05. The summed E-state index contributed by atoms with van der Waals surface area (Å²) in [6.45, 7) is 4.17. The van der Waals surface area contributed by atoms with Crippen LogP contribution in [0.5, 0.6) is 11.5 Å². The minimum atomic E-state index is -0.965. The fourth-order valence-corrected chi connectivity index (χ4v) is 2.79. The summed E-state index contributed by atoms with van der Waals surface area (Å²) in [6, 6.07) is 4.69. The number of rotatable bonds is 5. The van der Waals surface area contributed by atoms with Gasteiger partial charge in [0.15, 0.2) is 11.5 Å². The zero-order valence-corrected chi connectivity index (χ0v) is 12.8. The first kappa shape index (κ1) is 15.6. The average molecular weight is 293 g/mol. The number of benzene rings is 1. The molecule has 2 unspecified atom stereocenters. The Kier molecular flexibility index (Phi) is 5.07. The molecule has 1 aliphatic rings. The molecule has 1 fully saturated rings. The fourth-order valence-electron chi connectivity index (χ4n) is 2.79. The van der Waals surface area contributed by atoms with E-state index in [0.717, 1.165) is 19.5 Å². The Labute approximate surface area is 125 Å². The molecule has 0 saturated carbocycles. The lowest BCUT2D eigenvalue weighted by molar-refractivity contribution is 0.0693. The molecule has 5 nitrogen and oxygen atoms in total. The number of ether oxygens (including phenoxy) is 2. The Bertz CT molecular complexity index is 503. The van der Waals surface area contributed by atoms with Crippen LogP contribution < -0.4 is 9.47 Å². The van der Waals surface area contributed by atoms with Crippen molar-refractivity contribution in [2.24, 2.45) is 5.92 Å². The summed E-state index contributed by atoms with van der Waals surface area (Å²) in [5.41, 5.74) is 0.207. The second kappa shape index (κ2) is 6.80. The molecule has 1 N–H and O–H groups in total. The van der Waals surface area contributed by atoms with Gasteiger partial charge in [-0.05, 0) is 51.6 Å². The van der Waals surface area contributed by atoms with Crippen molar-refractivity contribution in [1.29, 1.82) is 0 Å². The molecule has 21 heavy (non-hydrogen) atoms. The molecule has 5 heteroatoms. The lowest BCUT2D eigenvalue weighted by Crippen LogP contribution is -2.39. The topological polar surface area (TPSA) is 59.0 Å². The summed E-state index contributed by atoms with van der Waals surface area (Å²) in [7, 11) is 3.67. The first-order valence-corrected chi connectivity index (χ1v) is 7.27. The number of methoxy groups -OCH3 is 1. The summed E-state index contributed by atoms with van der Waals surface area (Å²) in [5, 5.41) is 9.09. The largest absolute Gasteiger partial charge is 0.493 e. The van der Waals surface area contributed by atoms with Gasteiger partial charge in [-0.15, -0.1) is 0 Å². The normalized spacial score (nSPS) is 20.8. The molecule has 1 aliphatic heterocycles. The van der Waals surface area contributed by atoms with E-state index in [4.69, 9.17) is 14.6 Å². The third kappa shape index (κ3) is 3.88. The van der Waals surface area contributed by atoms with E-state index < -0.39 is 5.97 Å². The predicted molar refractivity (Wildman–Crippen MR) is 80.3 cm³/mol. The van der Waals surface area contributed by atoms with Crippen molar-refractivity contribution in [1.82, 2.24) is 4.90 Å². The maximum Gasteiger partial charge on any atom is 0.335 e. The van der Waals surface area contributed by atoms with Gasteiger partial charge < -0.3 is 19.5 Å². The molecule has 0 amide bonds. The van der Waals surface area contributed by atoms with E-state index in [0.29, 0.717) is 17.4 Å². The lowest BCUT2D eigenvalue weighted by Gasteiger charge is -2.33. The summed E-state index contributed by atoms with van der Waals surface area (Å²) >= 11 is 0. The Hall–Kier alpha value is -1.75. The van der Waals surface area contributed by atoms with Crippen LogP contribution in [0.15, 0.2) is 18.2 Å². The van der Waals surface area contributed by atoms with Crippen molar-refractivity contribution in [3.05, 3.63) is 23.8 Å². The van der Waals surface area contributed by atoms with Gasteiger partial charge in [0.25, 0.3) is 0 Å². The van der Waals surface area contributed by atoms with Crippen LogP contribution in [-0.2, 0) is 0 Å². The average Bonchev–Trinajstić information content (AvgIpc) is 2.47. The highest BCUT2D eigenvalue weighted by atomic mass is 16.5. The highest BCUT2D eigenvalue weighted by Crippen LogP contribution is 2.31. The van der Waals surface area contributed by atoms with Crippen molar-refractivity contribution in [3.63, 3.8) is 0 Å². The molecular weight excluding hydrogens is 270 g/mol. The molecule has 1 heterocycles. The zero-order chi connectivity index (χ0) is 15.4. The van der Waals surface area contributed by atoms with E-state index in [1.165, 1.54) is 18.6 Å². The van der Waals surface area contributed by atoms with Crippen molar-refractivity contribution >= 4 is 5.97 Å². The Morgan fingerprint density at radius 1 is 1.43 bits per heavy atom. The quantitative estimate of drug-likeness (QED) is 0.904. The van der Waals surface area contributed by atoms with Crippen LogP contribution in [0.1, 0.15) is 30.1 Å². The van der Waals surface area contributed by atoms with Crippen LogP contribution in [0.3, 0.4) is 0 Å². The molecule has 0 spiro atoms. The smallest absolute Gasteiger partial charge is 0.335 e. The van der Waals surface area contributed by atoms with Crippen LogP contribution in [0.2, 0.25) is 0 Å². The van der Waals surface area contributed by atoms with Crippen LogP contribution in [-0.4, -0.2) is 49.3 Å². The molecule has 0 radical (unpaired) electrons. The van der Waals surface area contributed by atoms with Gasteiger partial charge in [0.2, 0.25) is 0 Å². The lowest BCUT2D eigenvalue weighted by atomic mass is 9.93. The minimum Gasteiger partial charge on any atom is -0.493 e. The molecular formula is C16H23NO4. The van der Waals surface area contributed by atoms with E-state index in [1.807, 2.05) is 6.92 Å². The number of carboxylic acids is 1. The van der Waals surface area contributed by atoms with Gasteiger partial charge in [-0.1, -0.05) is 0 Å². The summed E-state index contributed by atoms with van der Waals surface area (Å²) in [4.78, 5) is 13.4. The SMILES string of the molecule is COc1ccc(C(=O)O)cc1OC(C)C1CCCN(C)C1. The zero-order valence-electron chi connectivity index (χ0n) is 12.8. The minimum absolute atomic E-state index is 0.0192. The Morgan fingerprint density at radius 3 is 2.81 bits per heavy atom. The number of nitrogens with zero attached hydrogens (tertiary/aromatic N) is 1. The summed E-state index contributed by atoms with van der Waals surface area (Å²) < 4.78 is 11.3. The second-order valence-electron chi connectivity index (χ2n) is 5.66. The molecule has 116 valence electrons. The molecule has 0 aromatic heterocycles. The number of hydrogen-bond acceptors (Lipinski definition) is 4. The molecule has 1 aromatic carbocycles. The van der Waals surface area contributed by atoms with E-state index >= 15 is 0 Å². The maximum atomic E-state index is 11.1. The number of piperidine rings is 1. The third-order valence-corrected chi connectivity index (χ3v) is 4.05. The molecule has 2 rings (SSSR count). The van der Waals surface area contributed by atoms with Gasteiger partial charge in [-0.3, -0.25) is 0 Å². The molecule has 2 atom stereocenters. The number of aromatic carboxylic acids is 1. The van der Waals surface area contributed by atoms with Gasteiger partial charge in [-0.2, -0.15) is 0 Å². The van der Waals surface area contributed by atoms with E-state index in [9.17, 15) is 4.79 Å². The number of carboxylic acid groups (broad SMARTS) is 1. The second-order valence-corrected chi connectivity index (χ2v) is 5.66. The predicted octanol–water partition coefficient (Wildman–Crippen LogP) is 2.50. The Balaban J connectivity index is 2.13. The summed E-state index contributed by atoms with van der Waals surface area (Å²) in [6.07, 6.45) is 2.32. The van der Waals surface area contributed by atoms with Crippen molar-refractivity contribution in [2.45, 2.75) is 25.9 Å².